The highest BCUT2D eigenvalue weighted by molar-refractivity contribution is 5.57. The molecule has 1 aromatic rings. The van der Waals surface area contributed by atoms with Gasteiger partial charge in [-0.25, -0.2) is 0 Å². The van der Waals surface area contributed by atoms with Crippen LogP contribution in [0.3, 0.4) is 0 Å². The van der Waals surface area contributed by atoms with Crippen LogP contribution < -0.4 is 10.1 Å². The lowest BCUT2D eigenvalue weighted by Gasteiger charge is -2.14. The molecular weight excluding hydrogens is 186 g/mol. The third-order valence-corrected chi connectivity index (χ3v) is 2.69. The molecule has 84 valence electrons. The fraction of sp³-hybridized carbons (Fsp3) is 0.538. The Morgan fingerprint density at radius 3 is 2.73 bits per heavy atom. The normalized spacial score (nSPS) is 12.3. The highest BCUT2D eigenvalue weighted by atomic mass is 16.5. The van der Waals surface area contributed by atoms with E-state index in [1.54, 1.807) is 7.11 Å². The molecule has 0 spiro atoms. The number of benzene rings is 1. The zero-order valence-electron chi connectivity index (χ0n) is 10.1. The van der Waals surface area contributed by atoms with Gasteiger partial charge in [-0.05, 0) is 30.5 Å². The van der Waals surface area contributed by atoms with Crippen molar-refractivity contribution in [1.82, 2.24) is 0 Å². The fourth-order valence-electron chi connectivity index (χ4n) is 1.39. The summed E-state index contributed by atoms with van der Waals surface area (Å²) in [6.45, 7) is 7.54. The Balaban J connectivity index is 2.69. The minimum absolute atomic E-state index is 0.690. The van der Waals surface area contributed by atoms with Crippen molar-refractivity contribution in [2.75, 3.05) is 19.0 Å². The quantitative estimate of drug-likeness (QED) is 0.798. The molecule has 2 heteroatoms. The van der Waals surface area contributed by atoms with Crippen LogP contribution in [0.15, 0.2) is 18.2 Å². The predicted octanol–water partition coefficient (Wildman–Crippen LogP) is 3.46. The Bertz CT molecular complexity index is 309. The van der Waals surface area contributed by atoms with Gasteiger partial charge in [0.15, 0.2) is 0 Å². The van der Waals surface area contributed by atoms with Crippen LogP contribution in [0.2, 0.25) is 0 Å². The Hall–Kier alpha value is -1.18. The second kappa shape index (κ2) is 5.64. The van der Waals surface area contributed by atoms with Crippen molar-refractivity contribution in [2.45, 2.75) is 27.2 Å². The lowest BCUT2D eigenvalue weighted by atomic mass is 10.1. The molecule has 0 amide bonds. The lowest BCUT2D eigenvalue weighted by molar-refractivity contribution is 0.416. The van der Waals surface area contributed by atoms with Crippen molar-refractivity contribution in [2.24, 2.45) is 5.92 Å². The van der Waals surface area contributed by atoms with Crippen LogP contribution in [-0.2, 0) is 0 Å². The minimum Gasteiger partial charge on any atom is -0.495 e. The highest BCUT2D eigenvalue weighted by Gasteiger charge is 2.04. The second-order valence-electron chi connectivity index (χ2n) is 4.10. The molecule has 0 fully saturated rings. The van der Waals surface area contributed by atoms with E-state index < -0.39 is 0 Å². The van der Waals surface area contributed by atoms with Crippen LogP contribution in [0, 0.1) is 12.8 Å². The first-order valence-corrected chi connectivity index (χ1v) is 5.55. The molecule has 2 nitrogen and oxygen atoms in total. The van der Waals surface area contributed by atoms with Crippen LogP contribution in [0.4, 0.5) is 5.69 Å². The molecule has 0 saturated carbocycles. The third kappa shape index (κ3) is 3.46. The van der Waals surface area contributed by atoms with Crippen LogP contribution in [-0.4, -0.2) is 13.7 Å². The summed E-state index contributed by atoms with van der Waals surface area (Å²) in [5, 5.41) is 3.43. The SMILES string of the molecule is CC[C@@H](C)CNc1cc(C)ccc1OC. The number of hydrogen-bond donors (Lipinski definition) is 1. The van der Waals surface area contributed by atoms with Gasteiger partial charge in [0, 0.05) is 6.54 Å². The molecule has 0 heterocycles. The minimum atomic E-state index is 0.690. The number of nitrogens with one attached hydrogen (secondary N) is 1. The van der Waals surface area contributed by atoms with Crippen molar-refractivity contribution in [3.63, 3.8) is 0 Å². The maximum absolute atomic E-state index is 5.30. The van der Waals surface area contributed by atoms with Crippen molar-refractivity contribution < 1.29 is 4.74 Å². The molecule has 0 aromatic heterocycles. The van der Waals surface area contributed by atoms with Crippen molar-refractivity contribution in [3.8, 4) is 5.75 Å². The number of hydrogen-bond acceptors (Lipinski definition) is 2. The molecule has 1 N–H and O–H groups in total. The molecule has 15 heavy (non-hydrogen) atoms. The van der Waals surface area contributed by atoms with Crippen molar-refractivity contribution in [1.29, 1.82) is 0 Å². The molecular formula is C13H21NO. The molecule has 0 aliphatic heterocycles. The molecule has 0 saturated heterocycles. The summed E-state index contributed by atoms with van der Waals surface area (Å²) < 4.78 is 5.30. The van der Waals surface area contributed by atoms with Gasteiger partial charge in [0.25, 0.3) is 0 Å². The number of aryl methyl sites for hydroxylation is 1. The van der Waals surface area contributed by atoms with Crippen molar-refractivity contribution in [3.05, 3.63) is 23.8 Å². The van der Waals surface area contributed by atoms with Gasteiger partial charge in [0.05, 0.1) is 12.8 Å². The first-order chi connectivity index (χ1) is 7.17. The zero-order valence-corrected chi connectivity index (χ0v) is 10.1. The summed E-state index contributed by atoms with van der Waals surface area (Å²) >= 11 is 0. The molecule has 0 radical (unpaired) electrons. The standard InChI is InChI=1S/C13H21NO/c1-5-10(2)9-14-12-8-11(3)6-7-13(12)15-4/h6-8,10,14H,5,9H2,1-4H3/t10-/m1/s1. The second-order valence-corrected chi connectivity index (χ2v) is 4.10. The lowest BCUT2D eigenvalue weighted by Crippen LogP contribution is -2.11. The van der Waals surface area contributed by atoms with Gasteiger partial charge in [-0.2, -0.15) is 0 Å². The summed E-state index contributed by atoms with van der Waals surface area (Å²) in [6, 6.07) is 6.20. The molecule has 0 aliphatic carbocycles. The first-order valence-electron chi connectivity index (χ1n) is 5.55. The van der Waals surface area contributed by atoms with Gasteiger partial charge in [-0.1, -0.05) is 26.3 Å². The average molecular weight is 207 g/mol. The van der Waals surface area contributed by atoms with E-state index in [1.165, 1.54) is 12.0 Å². The van der Waals surface area contributed by atoms with Crippen molar-refractivity contribution >= 4 is 5.69 Å². The van der Waals surface area contributed by atoms with E-state index in [4.69, 9.17) is 4.74 Å². The van der Waals surface area contributed by atoms with E-state index in [0.29, 0.717) is 5.92 Å². The molecule has 1 atom stereocenters. The van der Waals surface area contributed by atoms with E-state index in [0.717, 1.165) is 18.0 Å². The van der Waals surface area contributed by atoms with Gasteiger partial charge in [0.2, 0.25) is 0 Å². The van der Waals surface area contributed by atoms with Crippen LogP contribution in [0.1, 0.15) is 25.8 Å². The number of methoxy groups -OCH3 is 1. The smallest absolute Gasteiger partial charge is 0.141 e. The maximum atomic E-state index is 5.30. The van der Waals surface area contributed by atoms with E-state index in [2.05, 4.69) is 38.2 Å². The molecule has 0 unspecified atom stereocenters. The largest absolute Gasteiger partial charge is 0.495 e. The van der Waals surface area contributed by atoms with E-state index >= 15 is 0 Å². The molecule has 1 rings (SSSR count). The van der Waals surface area contributed by atoms with Gasteiger partial charge in [0.1, 0.15) is 5.75 Å². The number of rotatable bonds is 5. The summed E-state index contributed by atoms with van der Waals surface area (Å²) in [7, 11) is 1.71. The van der Waals surface area contributed by atoms with Gasteiger partial charge >= 0.3 is 0 Å². The van der Waals surface area contributed by atoms with Gasteiger partial charge < -0.3 is 10.1 Å². The van der Waals surface area contributed by atoms with Crippen LogP contribution in [0.25, 0.3) is 0 Å². The van der Waals surface area contributed by atoms with Gasteiger partial charge in [-0.15, -0.1) is 0 Å². The van der Waals surface area contributed by atoms with Crippen LogP contribution >= 0.6 is 0 Å². The summed E-state index contributed by atoms with van der Waals surface area (Å²) in [5.74, 6) is 1.61. The van der Waals surface area contributed by atoms with E-state index in [9.17, 15) is 0 Å². The Kier molecular flexibility index (Phi) is 4.47. The van der Waals surface area contributed by atoms with E-state index in [1.807, 2.05) is 6.07 Å². The summed E-state index contributed by atoms with van der Waals surface area (Å²) in [5.41, 5.74) is 2.35. The zero-order chi connectivity index (χ0) is 11.3. The predicted molar refractivity (Wildman–Crippen MR) is 65.7 cm³/mol. The Morgan fingerprint density at radius 2 is 2.13 bits per heavy atom. The number of anilines is 1. The van der Waals surface area contributed by atoms with Gasteiger partial charge in [-0.3, -0.25) is 0 Å². The Morgan fingerprint density at radius 1 is 1.40 bits per heavy atom. The third-order valence-electron chi connectivity index (χ3n) is 2.69. The molecule has 0 aliphatic rings. The average Bonchev–Trinajstić information content (AvgIpc) is 2.26. The summed E-state index contributed by atoms with van der Waals surface area (Å²) in [4.78, 5) is 0. The number of ether oxygens (including phenoxy) is 1. The maximum Gasteiger partial charge on any atom is 0.141 e. The van der Waals surface area contributed by atoms with Crippen LogP contribution in [0.5, 0.6) is 5.75 Å². The molecule has 0 bridgehead atoms. The van der Waals surface area contributed by atoms with E-state index in [-0.39, 0.29) is 0 Å². The fourth-order valence-corrected chi connectivity index (χ4v) is 1.39. The summed E-state index contributed by atoms with van der Waals surface area (Å²) in [6.07, 6.45) is 1.20. The topological polar surface area (TPSA) is 21.3 Å². The molecule has 1 aromatic carbocycles. The monoisotopic (exact) mass is 207 g/mol. The highest BCUT2D eigenvalue weighted by Crippen LogP contribution is 2.25. The first kappa shape index (κ1) is 11.9. The Labute approximate surface area is 92.6 Å².